The highest BCUT2D eigenvalue weighted by atomic mass is 32.1. The Hall–Kier alpha value is -3.43. The molecule has 3 aromatic heterocycles. The zero-order chi connectivity index (χ0) is 22.8. The number of pyridine rings is 2. The van der Waals surface area contributed by atoms with Gasteiger partial charge in [-0.3, -0.25) is 9.69 Å². The topological polar surface area (TPSA) is 87.1 Å². The van der Waals surface area contributed by atoms with Gasteiger partial charge in [0.15, 0.2) is 0 Å². The second-order valence-corrected chi connectivity index (χ2v) is 9.18. The molecule has 9 heteroatoms. The number of nitrogens with zero attached hydrogens (tertiary/aromatic N) is 6. The van der Waals surface area contributed by atoms with Crippen molar-refractivity contribution in [3.8, 4) is 10.6 Å². The van der Waals surface area contributed by atoms with Crippen molar-refractivity contribution in [3.05, 3.63) is 59.9 Å². The van der Waals surface area contributed by atoms with E-state index in [-0.39, 0.29) is 5.91 Å². The average Bonchev–Trinajstić information content (AvgIpc) is 3.39. The molecule has 168 valence electrons. The highest BCUT2D eigenvalue weighted by Gasteiger charge is 2.20. The van der Waals surface area contributed by atoms with Crippen LogP contribution in [0.15, 0.2) is 54.3 Å². The molecule has 0 unspecified atom stereocenters. The van der Waals surface area contributed by atoms with Gasteiger partial charge >= 0.3 is 0 Å². The molecular weight excluding hydrogens is 434 g/mol. The molecule has 4 aromatic rings. The van der Waals surface area contributed by atoms with Crippen LogP contribution in [-0.4, -0.2) is 63.2 Å². The molecule has 1 aromatic carbocycles. The Labute approximate surface area is 196 Å². The Morgan fingerprint density at radius 3 is 2.64 bits per heavy atom. The van der Waals surface area contributed by atoms with Crippen molar-refractivity contribution in [1.29, 1.82) is 0 Å². The number of piperazine rings is 1. The molecule has 0 saturated carbocycles. The van der Waals surface area contributed by atoms with Gasteiger partial charge in [0.25, 0.3) is 5.91 Å². The second-order valence-electron chi connectivity index (χ2n) is 8.35. The number of hydrogen-bond donors (Lipinski definition) is 1. The number of hydrogen-bond acceptors (Lipinski definition) is 8. The molecule has 5 rings (SSSR count). The molecule has 1 saturated heterocycles. The number of fused-ring (bicyclic) bond motifs is 1. The van der Waals surface area contributed by atoms with E-state index < -0.39 is 0 Å². The molecular formula is C24H25N7OS. The van der Waals surface area contributed by atoms with Crippen molar-refractivity contribution in [2.24, 2.45) is 0 Å². The molecule has 0 radical (unpaired) electrons. The first-order valence-corrected chi connectivity index (χ1v) is 11.9. The zero-order valence-corrected chi connectivity index (χ0v) is 19.4. The van der Waals surface area contributed by atoms with Crippen LogP contribution in [0.1, 0.15) is 24.2 Å². The lowest BCUT2D eigenvalue weighted by Gasteiger charge is -2.37. The number of anilines is 2. The van der Waals surface area contributed by atoms with Crippen LogP contribution in [0.3, 0.4) is 0 Å². The molecule has 1 fully saturated rings. The second kappa shape index (κ2) is 9.21. The van der Waals surface area contributed by atoms with Crippen LogP contribution < -0.4 is 10.2 Å². The lowest BCUT2D eigenvalue weighted by Crippen LogP contribution is -2.49. The summed E-state index contributed by atoms with van der Waals surface area (Å²) < 4.78 is 0. The van der Waals surface area contributed by atoms with Gasteiger partial charge in [0.1, 0.15) is 22.2 Å². The SMILES string of the molecule is CC(C)N1CCN(c2cc(C(=O)Nc3cc4cc(-c5nncs5)ccc4cn3)ccn2)CC1. The Bertz CT molecular complexity index is 1270. The molecule has 1 aliphatic heterocycles. The van der Waals surface area contributed by atoms with E-state index in [1.54, 1.807) is 24.0 Å². The van der Waals surface area contributed by atoms with E-state index in [4.69, 9.17) is 0 Å². The highest BCUT2D eigenvalue weighted by Crippen LogP contribution is 2.26. The van der Waals surface area contributed by atoms with Gasteiger partial charge in [0.05, 0.1) is 0 Å². The maximum Gasteiger partial charge on any atom is 0.257 e. The van der Waals surface area contributed by atoms with Crippen molar-refractivity contribution < 1.29 is 4.79 Å². The van der Waals surface area contributed by atoms with E-state index in [0.717, 1.165) is 53.3 Å². The summed E-state index contributed by atoms with van der Waals surface area (Å²) in [6.07, 6.45) is 3.46. The van der Waals surface area contributed by atoms with Gasteiger partial charge in [0.2, 0.25) is 0 Å². The predicted octanol–water partition coefficient (Wildman–Crippen LogP) is 3.93. The fraction of sp³-hybridized carbons (Fsp3) is 0.292. The molecule has 0 aliphatic carbocycles. The average molecular weight is 460 g/mol. The highest BCUT2D eigenvalue weighted by molar-refractivity contribution is 7.12. The minimum Gasteiger partial charge on any atom is -0.354 e. The molecule has 8 nitrogen and oxygen atoms in total. The summed E-state index contributed by atoms with van der Waals surface area (Å²) in [5, 5.41) is 13.8. The van der Waals surface area contributed by atoms with Crippen LogP contribution in [0.25, 0.3) is 21.3 Å². The van der Waals surface area contributed by atoms with Crippen molar-refractivity contribution >= 4 is 39.7 Å². The Balaban J connectivity index is 1.32. The third-order valence-corrected chi connectivity index (χ3v) is 6.69. The van der Waals surface area contributed by atoms with Gasteiger partial charge in [-0.05, 0) is 43.5 Å². The van der Waals surface area contributed by atoms with E-state index in [1.807, 2.05) is 30.3 Å². The van der Waals surface area contributed by atoms with Crippen molar-refractivity contribution in [2.75, 3.05) is 36.4 Å². The van der Waals surface area contributed by atoms with Gasteiger partial charge in [-0.1, -0.05) is 23.5 Å². The van der Waals surface area contributed by atoms with Crippen molar-refractivity contribution in [2.45, 2.75) is 19.9 Å². The smallest absolute Gasteiger partial charge is 0.257 e. The van der Waals surface area contributed by atoms with Crippen molar-refractivity contribution in [1.82, 2.24) is 25.1 Å². The predicted molar refractivity (Wildman–Crippen MR) is 132 cm³/mol. The van der Waals surface area contributed by atoms with E-state index in [2.05, 4.69) is 49.1 Å². The normalized spacial score (nSPS) is 14.7. The number of nitrogens with one attached hydrogen (secondary N) is 1. The lowest BCUT2D eigenvalue weighted by molar-refractivity contribution is 0.102. The van der Waals surface area contributed by atoms with Crippen LogP contribution in [0, 0.1) is 0 Å². The summed E-state index contributed by atoms with van der Waals surface area (Å²) in [6.45, 7) is 8.23. The standard InChI is InChI=1S/C24H25N7OS/c1-16(2)30-7-9-31(10-8-30)22-13-17(5-6-25-22)23(32)28-21-12-20-11-18(24-29-27-15-33-24)3-4-19(20)14-26-21/h3-6,11-16H,7-10H2,1-2H3,(H,26,28,32). The van der Waals surface area contributed by atoms with Gasteiger partial charge in [-0.25, -0.2) is 9.97 Å². The van der Waals surface area contributed by atoms with E-state index in [9.17, 15) is 4.79 Å². The Kier molecular flexibility index (Phi) is 5.97. The summed E-state index contributed by atoms with van der Waals surface area (Å²) in [6, 6.07) is 12.0. The fourth-order valence-electron chi connectivity index (χ4n) is 4.03. The number of carbonyl (C=O) groups excluding carboxylic acids is 1. The number of carbonyl (C=O) groups is 1. The number of rotatable bonds is 5. The zero-order valence-electron chi connectivity index (χ0n) is 18.6. The lowest BCUT2D eigenvalue weighted by atomic mass is 10.1. The fourth-order valence-corrected chi connectivity index (χ4v) is 4.58. The first-order valence-electron chi connectivity index (χ1n) is 11.0. The van der Waals surface area contributed by atoms with Gasteiger partial charge in [-0.15, -0.1) is 10.2 Å². The van der Waals surface area contributed by atoms with Crippen LogP contribution in [0.5, 0.6) is 0 Å². The first-order chi connectivity index (χ1) is 16.1. The summed E-state index contributed by atoms with van der Waals surface area (Å²) in [5.41, 5.74) is 3.27. The summed E-state index contributed by atoms with van der Waals surface area (Å²) in [4.78, 5) is 26.6. The Morgan fingerprint density at radius 2 is 1.88 bits per heavy atom. The molecule has 0 atom stereocenters. The van der Waals surface area contributed by atoms with Crippen LogP contribution in [-0.2, 0) is 0 Å². The summed E-state index contributed by atoms with van der Waals surface area (Å²) in [7, 11) is 0. The number of amides is 1. The number of aromatic nitrogens is 4. The van der Waals surface area contributed by atoms with Gasteiger partial charge < -0.3 is 10.2 Å². The maximum atomic E-state index is 13.0. The van der Waals surface area contributed by atoms with Crippen LogP contribution >= 0.6 is 11.3 Å². The van der Waals surface area contributed by atoms with E-state index in [1.165, 1.54) is 11.3 Å². The molecule has 4 heterocycles. The molecule has 0 bridgehead atoms. The summed E-state index contributed by atoms with van der Waals surface area (Å²) in [5.74, 6) is 1.14. The minimum atomic E-state index is -0.202. The first kappa shape index (κ1) is 21.4. The largest absolute Gasteiger partial charge is 0.354 e. The van der Waals surface area contributed by atoms with Gasteiger partial charge in [-0.2, -0.15) is 0 Å². The van der Waals surface area contributed by atoms with E-state index >= 15 is 0 Å². The van der Waals surface area contributed by atoms with Crippen LogP contribution in [0.4, 0.5) is 11.6 Å². The van der Waals surface area contributed by atoms with Gasteiger partial charge in [0, 0.05) is 61.1 Å². The summed E-state index contributed by atoms with van der Waals surface area (Å²) >= 11 is 1.49. The maximum absolute atomic E-state index is 13.0. The molecule has 1 N–H and O–H groups in total. The monoisotopic (exact) mass is 459 g/mol. The number of benzene rings is 1. The van der Waals surface area contributed by atoms with E-state index in [0.29, 0.717) is 17.4 Å². The molecule has 1 aliphatic rings. The Morgan fingerprint density at radius 1 is 1.03 bits per heavy atom. The third-order valence-electron chi connectivity index (χ3n) is 5.95. The minimum absolute atomic E-state index is 0.202. The van der Waals surface area contributed by atoms with Crippen LogP contribution in [0.2, 0.25) is 0 Å². The molecule has 33 heavy (non-hydrogen) atoms. The van der Waals surface area contributed by atoms with Crippen molar-refractivity contribution in [3.63, 3.8) is 0 Å². The quantitative estimate of drug-likeness (QED) is 0.484. The molecule has 0 spiro atoms. The molecule has 1 amide bonds. The third kappa shape index (κ3) is 4.69.